The molecule has 58 heavy (non-hydrogen) atoms. The molecule has 11 nitrogen and oxygen atoms in total. The van der Waals surface area contributed by atoms with Crippen LogP contribution in [-0.2, 0) is 9.84 Å². The summed E-state index contributed by atoms with van der Waals surface area (Å²) in [5.41, 5.74) is 5.92. The summed E-state index contributed by atoms with van der Waals surface area (Å²) in [6.45, 7) is 28.4. The minimum atomic E-state index is -2.01. The first-order valence-electron chi connectivity index (χ1n) is 21.3. The number of carbonyl (C=O) groups excluding carboxylic acids is 1. The Balaban J connectivity index is 1.15. The van der Waals surface area contributed by atoms with Gasteiger partial charge in [-0.1, -0.05) is 111 Å². The summed E-state index contributed by atoms with van der Waals surface area (Å²) in [6.07, 6.45) is 14.2. The number of rotatable bonds is 12. The number of fused-ring (bicyclic) bond motifs is 1. The van der Waals surface area contributed by atoms with Crippen molar-refractivity contribution >= 4 is 31.8 Å². The molecule has 3 aromatic heterocycles. The largest absolute Gasteiger partial charge is 0.489 e. The maximum atomic E-state index is 13.7. The van der Waals surface area contributed by atoms with Crippen molar-refractivity contribution in [1.82, 2.24) is 29.7 Å². The van der Waals surface area contributed by atoms with Gasteiger partial charge in [-0.05, 0) is 79.1 Å². The van der Waals surface area contributed by atoms with Gasteiger partial charge in [-0.2, -0.15) is 5.10 Å². The summed E-state index contributed by atoms with van der Waals surface area (Å²) in [6, 6.07) is 13.6. The number of hydrogen-bond donors (Lipinski definition) is 2. The van der Waals surface area contributed by atoms with E-state index in [1.165, 1.54) is 0 Å². The zero-order valence-electron chi connectivity index (χ0n) is 36.5. The van der Waals surface area contributed by atoms with Gasteiger partial charge in [0.2, 0.25) is 5.95 Å². The van der Waals surface area contributed by atoms with E-state index in [9.17, 15) is 4.79 Å². The van der Waals surface area contributed by atoms with Crippen LogP contribution in [0.3, 0.4) is 0 Å². The number of aromatic nitrogens is 5. The van der Waals surface area contributed by atoms with Gasteiger partial charge in [0.1, 0.15) is 17.7 Å². The summed E-state index contributed by atoms with van der Waals surface area (Å²) in [4.78, 5) is 16.1. The lowest BCUT2D eigenvalue weighted by Crippen LogP contribution is -2.50. The standard InChI is InChI=1S/C46H66N8O3Si/c1-31(2)58(32(3)4,33(5)6)56-30-37-17-15-27-52(37)45-50-49-42-26-24-39(29-53(42)45)57-38-18-14-12-13-16-35(8)40(25-23-38)47-44(55)48-43-28-41(46(9,10)11)51-54(43)36-21-19-34(7)20-22-36/h12-14,16,19-22,24,26,28-29,31-33,37-38,40H,8,15,17-18,23,25,27,30H2,1-7,9-11H3,(H2,47,48,55)/b14-12-,16-13-/t37-,38+,40+/m1/s1. The molecule has 0 unspecified atom stereocenters. The van der Waals surface area contributed by atoms with Gasteiger partial charge in [-0.15, -0.1) is 10.2 Å². The Kier molecular flexibility index (Phi) is 13.4. The van der Waals surface area contributed by atoms with Crippen LogP contribution in [0.15, 0.2) is 85.1 Å². The fourth-order valence-corrected chi connectivity index (χ4v) is 14.4. The minimum absolute atomic E-state index is 0.133. The second kappa shape index (κ2) is 18.1. The molecule has 6 rings (SSSR count). The molecule has 1 saturated heterocycles. The molecule has 0 radical (unpaired) electrons. The van der Waals surface area contributed by atoms with Gasteiger partial charge in [-0.25, -0.2) is 9.48 Å². The fourth-order valence-electron chi connectivity index (χ4n) is 8.89. The van der Waals surface area contributed by atoms with Gasteiger partial charge in [0.25, 0.3) is 0 Å². The summed E-state index contributed by atoms with van der Waals surface area (Å²) >= 11 is 0. The van der Waals surface area contributed by atoms with Crippen LogP contribution in [0.25, 0.3) is 11.3 Å². The number of carbonyl (C=O) groups is 1. The Morgan fingerprint density at radius 2 is 1.69 bits per heavy atom. The summed E-state index contributed by atoms with van der Waals surface area (Å²) in [5, 5.41) is 20.4. The van der Waals surface area contributed by atoms with Crippen molar-refractivity contribution in [2.24, 2.45) is 0 Å². The van der Waals surface area contributed by atoms with Crippen molar-refractivity contribution in [3.8, 4) is 11.4 Å². The molecule has 1 aromatic carbocycles. The first kappa shape index (κ1) is 42.9. The molecule has 12 heteroatoms. The quantitative estimate of drug-likeness (QED) is 0.137. The number of pyridine rings is 1. The Labute approximate surface area is 347 Å². The molecule has 2 amide bonds. The molecule has 312 valence electrons. The van der Waals surface area contributed by atoms with E-state index in [1.807, 2.05) is 66.9 Å². The lowest BCUT2D eigenvalue weighted by atomic mass is 9.92. The number of allylic oxidation sites excluding steroid dienone is 2. The third-order valence-corrected chi connectivity index (χ3v) is 18.1. The Morgan fingerprint density at radius 1 is 0.966 bits per heavy atom. The number of benzene rings is 1. The van der Waals surface area contributed by atoms with Gasteiger partial charge in [-0.3, -0.25) is 9.72 Å². The molecule has 4 aromatic rings. The monoisotopic (exact) mass is 807 g/mol. The molecular weight excluding hydrogens is 741 g/mol. The second-order valence-electron chi connectivity index (χ2n) is 18.2. The number of nitrogens with one attached hydrogen (secondary N) is 2. The molecule has 2 N–H and O–H groups in total. The molecule has 1 fully saturated rings. The first-order valence-corrected chi connectivity index (χ1v) is 23.4. The number of nitrogens with zero attached hydrogens (tertiary/aromatic N) is 6. The maximum absolute atomic E-state index is 13.7. The molecule has 0 spiro atoms. The highest BCUT2D eigenvalue weighted by Gasteiger charge is 2.46. The van der Waals surface area contributed by atoms with Crippen LogP contribution in [0.1, 0.15) is 106 Å². The smallest absolute Gasteiger partial charge is 0.320 e. The normalized spacial score (nSPS) is 20.6. The predicted octanol–water partition coefficient (Wildman–Crippen LogP) is 10.5. The van der Waals surface area contributed by atoms with Crippen molar-refractivity contribution in [2.45, 2.75) is 142 Å². The highest BCUT2D eigenvalue weighted by atomic mass is 28.4. The van der Waals surface area contributed by atoms with Crippen LogP contribution in [-0.4, -0.2) is 70.1 Å². The molecule has 2 aliphatic rings. The van der Waals surface area contributed by atoms with Crippen LogP contribution in [0, 0.1) is 6.92 Å². The first-order chi connectivity index (χ1) is 27.6. The number of aryl methyl sites for hydroxylation is 1. The Hall–Kier alpha value is -4.68. The molecule has 3 atom stereocenters. The number of ether oxygens (including phenoxy) is 1. The minimum Gasteiger partial charge on any atom is -0.489 e. The number of urea groups is 1. The molecular formula is C46H66N8O3Si. The van der Waals surface area contributed by atoms with E-state index in [0.717, 1.165) is 59.2 Å². The van der Waals surface area contributed by atoms with Crippen LogP contribution < -0.4 is 20.3 Å². The SMILES string of the molecule is C=C1/C=C\C=C/C[C@H](Oc2ccc3nnc(N4CCC[C@@H]4CO[Si](C(C)C)(C(C)C)C(C)C)n3c2)CC[C@@H]1NC(=O)Nc1cc(C(C)(C)C)nn1-c1ccc(C)cc1. The maximum Gasteiger partial charge on any atom is 0.320 e. The van der Waals surface area contributed by atoms with Gasteiger partial charge < -0.3 is 19.4 Å². The van der Waals surface area contributed by atoms with Gasteiger partial charge in [0.05, 0.1) is 36.3 Å². The van der Waals surface area contributed by atoms with Crippen LogP contribution >= 0.6 is 0 Å². The van der Waals surface area contributed by atoms with E-state index in [2.05, 4.69) is 112 Å². The molecule has 0 bridgehead atoms. The van der Waals surface area contributed by atoms with Crippen LogP contribution in [0.5, 0.6) is 5.75 Å². The van der Waals surface area contributed by atoms with Crippen molar-refractivity contribution in [3.05, 3.63) is 96.4 Å². The zero-order chi connectivity index (χ0) is 41.8. The third kappa shape index (κ3) is 9.60. The molecule has 1 aliphatic heterocycles. The van der Waals surface area contributed by atoms with Crippen molar-refractivity contribution in [2.75, 3.05) is 23.4 Å². The predicted molar refractivity (Wildman–Crippen MR) is 239 cm³/mol. The summed E-state index contributed by atoms with van der Waals surface area (Å²) in [5.74, 6) is 2.18. The summed E-state index contributed by atoms with van der Waals surface area (Å²) < 4.78 is 17.6. The number of hydrogen-bond acceptors (Lipinski definition) is 7. The summed E-state index contributed by atoms with van der Waals surface area (Å²) in [7, 11) is -2.01. The topological polar surface area (TPSA) is 111 Å². The highest BCUT2D eigenvalue weighted by Crippen LogP contribution is 2.43. The second-order valence-corrected chi connectivity index (χ2v) is 23.6. The van der Waals surface area contributed by atoms with Gasteiger partial charge in [0.15, 0.2) is 14.0 Å². The van der Waals surface area contributed by atoms with Crippen molar-refractivity contribution < 1.29 is 14.0 Å². The van der Waals surface area contributed by atoms with Crippen LogP contribution in [0.2, 0.25) is 16.6 Å². The average Bonchev–Trinajstić information content (AvgIpc) is 3.91. The van der Waals surface area contributed by atoms with E-state index < -0.39 is 8.32 Å². The van der Waals surface area contributed by atoms with Gasteiger partial charge >= 0.3 is 6.03 Å². The lowest BCUT2D eigenvalue weighted by Gasteiger charge is -2.43. The van der Waals surface area contributed by atoms with E-state index in [1.54, 1.807) is 4.68 Å². The molecule has 0 saturated carbocycles. The average molecular weight is 807 g/mol. The van der Waals surface area contributed by atoms with Crippen molar-refractivity contribution in [1.29, 1.82) is 0 Å². The fraction of sp³-hybridized carbons (Fsp3) is 0.522. The van der Waals surface area contributed by atoms with Gasteiger partial charge in [0, 0.05) is 24.4 Å². The van der Waals surface area contributed by atoms with E-state index >= 15 is 0 Å². The van der Waals surface area contributed by atoms with E-state index in [4.69, 9.17) is 14.3 Å². The Morgan fingerprint density at radius 3 is 2.38 bits per heavy atom. The number of amides is 2. The van der Waals surface area contributed by atoms with E-state index in [-0.39, 0.29) is 29.6 Å². The van der Waals surface area contributed by atoms with Crippen molar-refractivity contribution in [3.63, 3.8) is 0 Å². The number of anilines is 2. The van der Waals surface area contributed by atoms with Crippen LogP contribution in [0.4, 0.5) is 16.6 Å². The molecule has 4 heterocycles. The Bertz CT molecular complexity index is 2070. The lowest BCUT2D eigenvalue weighted by molar-refractivity contribution is 0.186. The highest BCUT2D eigenvalue weighted by molar-refractivity contribution is 6.77. The molecule has 1 aliphatic carbocycles. The van der Waals surface area contributed by atoms with E-state index in [0.29, 0.717) is 48.3 Å². The third-order valence-electron chi connectivity index (χ3n) is 12.0. The zero-order valence-corrected chi connectivity index (χ0v) is 37.5.